The molecule has 3 aromatic rings. The summed E-state index contributed by atoms with van der Waals surface area (Å²) in [4.78, 5) is 1.15. The summed E-state index contributed by atoms with van der Waals surface area (Å²) in [6.07, 6.45) is 0. The van der Waals surface area contributed by atoms with Crippen LogP contribution in [-0.4, -0.2) is 7.11 Å². The first-order valence-electron chi connectivity index (χ1n) is 6.30. The molecule has 1 aromatic heterocycles. The monoisotopic (exact) mass is 285 g/mol. The van der Waals surface area contributed by atoms with Gasteiger partial charge in [0.25, 0.3) is 0 Å². The second kappa shape index (κ2) is 5.43. The van der Waals surface area contributed by atoms with E-state index in [-0.39, 0.29) is 0 Å². The summed E-state index contributed by atoms with van der Waals surface area (Å²) < 4.78 is 12.2. The molecule has 1 heterocycles. The molecule has 0 saturated heterocycles. The molecular weight excluding hydrogens is 270 g/mol. The van der Waals surface area contributed by atoms with E-state index < -0.39 is 0 Å². The first kappa shape index (κ1) is 12.8. The Morgan fingerprint density at radius 1 is 1.05 bits per heavy atom. The van der Waals surface area contributed by atoms with Crippen molar-refractivity contribution in [1.82, 2.24) is 0 Å². The quantitative estimate of drug-likeness (QED) is 0.735. The number of hydrogen-bond acceptors (Lipinski definition) is 4. The van der Waals surface area contributed by atoms with Gasteiger partial charge in [0.05, 0.1) is 7.11 Å². The van der Waals surface area contributed by atoms with Crippen LogP contribution in [0.3, 0.4) is 0 Å². The highest BCUT2D eigenvalue weighted by molar-refractivity contribution is 7.19. The number of benzene rings is 2. The third kappa shape index (κ3) is 2.56. The lowest BCUT2D eigenvalue weighted by atomic mass is 10.2. The number of fused-ring (bicyclic) bond motifs is 1. The Labute approximate surface area is 121 Å². The maximum absolute atomic E-state index is 5.96. The lowest BCUT2D eigenvalue weighted by Gasteiger charge is -2.06. The topological polar surface area (TPSA) is 44.5 Å². The number of nitrogens with two attached hydrogens (primary N) is 1. The number of hydrogen-bond donors (Lipinski definition) is 1. The van der Waals surface area contributed by atoms with Gasteiger partial charge in [-0.1, -0.05) is 12.1 Å². The number of rotatable bonds is 4. The van der Waals surface area contributed by atoms with E-state index in [0.717, 1.165) is 27.4 Å². The number of thiophene rings is 1. The minimum atomic E-state index is 0.534. The van der Waals surface area contributed by atoms with E-state index in [4.69, 9.17) is 15.2 Å². The van der Waals surface area contributed by atoms with Gasteiger partial charge in [-0.15, -0.1) is 11.3 Å². The Morgan fingerprint density at radius 3 is 2.65 bits per heavy atom. The van der Waals surface area contributed by atoms with Crippen LogP contribution in [0, 0.1) is 0 Å². The van der Waals surface area contributed by atoms with Crippen LogP contribution in [0.15, 0.2) is 48.5 Å². The predicted octanol–water partition coefficient (Wildman–Crippen LogP) is 4.07. The normalized spacial score (nSPS) is 10.7. The molecule has 0 aliphatic carbocycles. The highest BCUT2D eigenvalue weighted by Crippen LogP contribution is 2.30. The lowest BCUT2D eigenvalue weighted by molar-refractivity contribution is 0.307. The van der Waals surface area contributed by atoms with E-state index in [9.17, 15) is 0 Å². The second-order valence-corrected chi connectivity index (χ2v) is 5.61. The molecule has 0 amide bonds. The molecule has 3 nitrogen and oxygen atoms in total. The van der Waals surface area contributed by atoms with E-state index in [1.54, 1.807) is 18.4 Å². The third-order valence-corrected chi connectivity index (χ3v) is 4.14. The van der Waals surface area contributed by atoms with E-state index >= 15 is 0 Å². The van der Waals surface area contributed by atoms with Crippen LogP contribution < -0.4 is 15.2 Å². The van der Waals surface area contributed by atoms with Gasteiger partial charge < -0.3 is 15.2 Å². The molecule has 0 aliphatic rings. The molecule has 0 fully saturated rings. The van der Waals surface area contributed by atoms with Crippen molar-refractivity contribution < 1.29 is 9.47 Å². The summed E-state index contributed by atoms with van der Waals surface area (Å²) in [7, 11) is 1.65. The zero-order chi connectivity index (χ0) is 13.9. The van der Waals surface area contributed by atoms with Gasteiger partial charge in [-0.25, -0.2) is 0 Å². The minimum absolute atomic E-state index is 0.534. The Balaban J connectivity index is 1.78. The van der Waals surface area contributed by atoms with Crippen LogP contribution >= 0.6 is 11.3 Å². The molecule has 0 radical (unpaired) electrons. The molecule has 0 aliphatic heterocycles. The van der Waals surface area contributed by atoms with Crippen LogP contribution in [0.1, 0.15) is 4.88 Å². The van der Waals surface area contributed by atoms with E-state index in [0.29, 0.717) is 6.61 Å². The molecule has 3 rings (SSSR count). The first-order chi connectivity index (χ1) is 9.76. The second-order valence-electron chi connectivity index (χ2n) is 4.44. The Hall–Kier alpha value is -2.20. The predicted molar refractivity (Wildman–Crippen MR) is 83.6 cm³/mol. The largest absolute Gasteiger partial charge is 0.497 e. The van der Waals surface area contributed by atoms with Gasteiger partial charge in [-0.3, -0.25) is 0 Å². The average molecular weight is 285 g/mol. The summed E-state index contributed by atoms with van der Waals surface area (Å²) in [5, 5.41) is 1.10. The summed E-state index contributed by atoms with van der Waals surface area (Å²) in [6.45, 7) is 0.534. The number of anilines is 1. The highest BCUT2D eigenvalue weighted by atomic mass is 32.1. The smallest absolute Gasteiger partial charge is 0.123 e. The molecule has 0 bridgehead atoms. The third-order valence-electron chi connectivity index (χ3n) is 3.07. The first-order valence-corrected chi connectivity index (χ1v) is 7.11. The molecule has 4 heteroatoms. The molecule has 20 heavy (non-hydrogen) atoms. The van der Waals surface area contributed by atoms with Crippen molar-refractivity contribution in [2.75, 3.05) is 12.8 Å². The van der Waals surface area contributed by atoms with Crippen LogP contribution in [0.2, 0.25) is 0 Å². The van der Waals surface area contributed by atoms with Crippen LogP contribution in [0.25, 0.3) is 10.1 Å². The van der Waals surface area contributed by atoms with Gasteiger partial charge in [-0.2, -0.15) is 0 Å². The van der Waals surface area contributed by atoms with E-state index in [1.807, 2.05) is 36.4 Å². The van der Waals surface area contributed by atoms with Crippen molar-refractivity contribution in [2.45, 2.75) is 6.61 Å². The van der Waals surface area contributed by atoms with Gasteiger partial charge in [-0.05, 0) is 30.3 Å². The zero-order valence-electron chi connectivity index (χ0n) is 11.1. The van der Waals surface area contributed by atoms with Crippen molar-refractivity contribution >= 4 is 27.1 Å². The molecule has 0 saturated carbocycles. The molecule has 2 N–H and O–H groups in total. The van der Waals surface area contributed by atoms with Crippen LogP contribution in [0.5, 0.6) is 11.5 Å². The summed E-state index contributed by atoms with van der Waals surface area (Å²) in [6, 6.07) is 15.7. The van der Waals surface area contributed by atoms with Gasteiger partial charge in [0.1, 0.15) is 18.1 Å². The van der Waals surface area contributed by atoms with Gasteiger partial charge in [0.15, 0.2) is 0 Å². The Bertz CT molecular complexity index is 736. The van der Waals surface area contributed by atoms with Gasteiger partial charge >= 0.3 is 0 Å². The van der Waals surface area contributed by atoms with Gasteiger partial charge in [0, 0.05) is 26.7 Å². The molecule has 2 aromatic carbocycles. The lowest BCUT2D eigenvalue weighted by Crippen LogP contribution is -1.93. The Kier molecular flexibility index (Phi) is 3.48. The highest BCUT2D eigenvalue weighted by Gasteiger charge is 2.05. The van der Waals surface area contributed by atoms with Gasteiger partial charge in [0.2, 0.25) is 0 Å². The summed E-state index contributed by atoms with van der Waals surface area (Å²) in [5.41, 5.74) is 6.78. The van der Waals surface area contributed by atoms with Crippen LogP contribution in [-0.2, 0) is 6.61 Å². The number of ether oxygens (including phenoxy) is 2. The van der Waals surface area contributed by atoms with Crippen molar-refractivity contribution in [3.63, 3.8) is 0 Å². The minimum Gasteiger partial charge on any atom is -0.497 e. The fraction of sp³-hybridized carbons (Fsp3) is 0.125. The SMILES string of the molecule is COc1cccc(OCc2cc3c(N)cccc3s2)c1. The standard InChI is InChI=1S/C16H15NO2S/c1-18-11-4-2-5-12(8-11)19-10-13-9-14-15(17)6-3-7-16(14)20-13/h2-9H,10,17H2,1H3. The molecular formula is C16H15NO2S. The maximum Gasteiger partial charge on any atom is 0.123 e. The molecule has 0 unspecified atom stereocenters. The van der Waals surface area contributed by atoms with Crippen LogP contribution in [0.4, 0.5) is 5.69 Å². The number of nitrogen functional groups attached to an aromatic ring is 1. The summed E-state index contributed by atoms with van der Waals surface area (Å²) >= 11 is 1.70. The van der Waals surface area contributed by atoms with E-state index in [1.165, 1.54) is 4.70 Å². The molecule has 0 atom stereocenters. The van der Waals surface area contributed by atoms with Crippen molar-refractivity contribution in [3.05, 3.63) is 53.4 Å². The van der Waals surface area contributed by atoms with E-state index in [2.05, 4.69) is 12.1 Å². The van der Waals surface area contributed by atoms with Crippen molar-refractivity contribution in [1.29, 1.82) is 0 Å². The van der Waals surface area contributed by atoms with Crippen molar-refractivity contribution in [3.8, 4) is 11.5 Å². The summed E-state index contributed by atoms with van der Waals surface area (Å²) in [5.74, 6) is 1.60. The average Bonchev–Trinajstić information content (AvgIpc) is 2.90. The number of methoxy groups -OCH3 is 1. The van der Waals surface area contributed by atoms with Crippen molar-refractivity contribution in [2.24, 2.45) is 0 Å². The molecule has 0 spiro atoms. The maximum atomic E-state index is 5.96. The fourth-order valence-electron chi connectivity index (χ4n) is 2.05. The fourth-order valence-corrected chi connectivity index (χ4v) is 3.06. The molecule has 102 valence electrons. The zero-order valence-corrected chi connectivity index (χ0v) is 11.9. The Morgan fingerprint density at radius 2 is 1.85 bits per heavy atom.